The third-order valence-corrected chi connectivity index (χ3v) is 2.55. The molecule has 1 aromatic rings. The molecule has 0 heterocycles. The molecule has 19 heavy (non-hydrogen) atoms. The highest BCUT2D eigenvalue weighted by atomic mass is 16.5. The van der Waals surface area contributed by atoms with Gasteiger partial charge in [0.05, 0.1) is 7.11 Å². The van der Waals surface area contributed by atoms with Crippen molar-refractivity contribution < 1.29 is 19.5 Å². The normalized spacial score (nSPS) is 12.6. The molecule has 6 nitrogen and oxygen atoms in total. The minimum atomic E-state index is -0.823. The molecule has 0 aliphatic rings. The van der Waals surface area contributed by atoms with Crippen molar-refractivity contribution in [3.63, 3.8) is 0 Å². The zero-order valence-electron chi connectivity index (χ0n) is 10.8. The zero-order chi connectivity index (χ0) is 14.3. The molecule has 0 unspecified atom stereocenters. The van der Waals surface area contributed by atoms with E-state index < -0.39 is 17.9 Å². The van der Waals surface area contributed by atoms with Crippen molar-refractivity contribution in [3.8, 4) is 0 Å². The number of rotatable bonds is 5. The molecule has 1 amide bonds. The van der Waals surface area contributed by atoms with E-state index in [1.54, 1.807) is 0 Å². The van der Waals surface area contributed by atoms with E-state index in [4.69, 9.17) is 5.21 Å². The average Bonchev–Trinajstić information content (AvgIpc) is 2.45. The van der Waals surface area contributed by atoms with E-state index in [-0.39, 0.29) is 5.71 Å². The standard InChI is InChI=1S/C13H16N2O4/c1-9(15-18)12(16)14-11(13(17)19-2)8-10-6-4-3-5-7-10/h3-7,11,18H,8H2,1-2H3,(H,14,16)/b15-9-/t11-/m0/s1. The smallest absolute Gasteiger partial charge is 0.328 e. The van der Waals surface area contributed by atoms with E-state index >= 15 is 0 Å². The van der Waals surface area contributed by atoms with Crippen LogP contribution >= 0.6 is 0 Å². The topological polar surface area (TPSA) is 88.0 Å². The van der Waals surface area contributed by atoms with E-state index in [1.165, 1.54) is 14.0 Å². The molecule has 2 N–H and O–H groups in total. The van der Waals surface area contributed by atoms with Crippen molar-refractivity contribution >= 4 is 17.6 Å². The number of nitrogens with zero attached hydrogens (tertiary/aromatic N) is 1. The second-order valence-electron chi connectivity index (χ2n) is 3.92. The third-order valence-electron chi connectivity index (χ3n) is 2.55. The fourth-order valence-electron chi connectivity index (χ4n) is 1.49. The van der Waals surface area contributed by atoms with Crippen LogP contribution in [0.15, 0.2) is 35.5 Å². The van der Waals surface area contributed by atoms with Crippen LogP contribution in [0.4, 0.5) is 0 Å². The monoisotopic (exact) mass is 264 g/mol. The Hall–Kier alpha value is -2.37. The highest BCUT2D eigenvalue weighted by Crippen LogP contribution is 2.04. The molecule has 6 heteroatoms. The molecule has 102 valence electrons. The fraction of sp³-hybridized carbons (Fsp3) is 0.308. The van der Waals surface area contributed by atoms with Gasteiger partial charge in [-0.25, -0.2) is 4.79 Å². The van der Waals surface area contributed by atoms with Gasteiger partial charge in [-0.15, -0.1) is 0 Å². The number of hydrogen-bond acceptors (Lipinski definition) is 5. The minimum absolute atomic E-state index is 0.123. The Labute approximate surface area is 111 Å². The van der Waals surface area contributed by atoms with Crippen LogP contribution in [0.2, 0.25) is 0 Å². The molecule has 0 saturated carbocycles. The highest BCUT2D eigenvalue weighted by molar-refractivity contribution is 6.38. The number of oxime groups is 1. The van der Waals surface area contributed by atoms with Crippen LogP contribution in [0.1, 0.15) is 12.5 Å². The number of esters is 1. The lowest BCUT2D eigenvalue weighted by atomic mass is 10.1. The largest absolute Gasteiger partial charge is 0.467 e. The van der Waals surface area contributed by atoms with Gasteiger partial charge >= 0.3 is 5.97 Å². The first kappa shape index (κ1) is 14.7. The summed E-state index contributed by atoms with van der Waals surface area (Å²) < 4.78 is 4.64. The molecule has 0 radical (unpaired) electrons. The summed E-state index contributed by atoms with van der Waals surface area (Å²) in [5.74, 6) is -1.17. The van der Waals surface area contributed by atoms with Gasteiger partial charge < -0.3 is 15.3 Å². The predicted molar refractivity (Wildman–Crippen MR) is 69.0 cm³/mol. The first-order valence-electron chi connectivity index (χ1n) is 5.69. The van der Waals surface area contributed by atoms with Crippen molar-refractivity contribution in [3.05, 3.63) is 35.9 Å². The van der Waals surface area contributed by atoms with Crippen LogP contribution in [0, 0.1) is 0 Å². The predicted octanol–water partition coefficient (Wildman–Crippen LogP) is 0.737. The molecule has 1 atom stereocenters. The Kier molecular flexibility index (Phi) is 5.53. The molecular weight excluding hydrogens is 248 g/mol. The summed E-state index contributed by atoms with van der Waals surface area (Å²) in [5, 5.41) is 13.8. The first-order chi connectivity index (χ1) is 9.08. The molecule has 0 saturated heterocycles. The lowest BCUT2D eigenvalue weighted by Crippen LogP contribution is -2.45. The maximum absolute atomic E-state index is 11.6. The van der Waals surface area contributed by atoms with Crippen molar-refractivity contribution in [1.29, 1.82) is 0 Å². The number of benzene rings is 1. The second kappa shape index (κ2) is 7.15. The fourth-order valence-corrected chi connectivity index (χ4v) is 1.49. The Morgan fingerprint density at radius 3 is 2.53 bits per heavy atom. The lowest BCUT2D eigenvalue weighted by Gasteiger charge is -2.16. The summed E-state index contributed by atoms with van der Waals surface area (Å²) in [6.07, 6.45) is 0.304. The van der Waals surface area contributed by atoms with E-state index in [0.717, 1.165) is 5.56 Å². The lowest BCUT2D eigenvalue weighted by molar-refractivity contribution is -0.144. The van der Waals surface area contributed by atoms with Gasteiger partial charge in [0.25, 0.3) is 5.91 Å². The summed E-state index contributed by atoms with van der Waals surface area (Å²) in [7, 11) is 1.25. The van der Waals surface area contributed by atoms with Gasteiger partial charge in [-0.3, -0.25) is 4.79 Å². The van der Waals surface area contributed by atoms with E-state index in [1.807, 2.05) is 30.3 Å². The van der Waals surface area contributed by atoms with Crippen LogP contribution in [-0.4, -0.2) is 35.9 Å². The number of carbonyl (C=O) groups is 2. The molecule has 0 aliphatic heterocycles. The number of methoxy groups -OCH3 is 1. The third kappa shape index (κ3) is 4.42. The molecule has 0 fully saturated rings. The van der Waals surface area contributed by atoms with Gasteiger partial charge in [0.1, 0.15) is 11.8 Å². The van der Waals surface area contributed by atoms with Crippen molar-refractivity contribution in [1.82, 2.24) is 5.32 Å². The number of ether oxygens (including phenoxy) is 1. The van der Waals surface area contributed by atoms with Gasteiger partial charge in [-0.1, -0.05) is 35.5 Å². The molecule has 0 spiro atoms. The number of hydrogen-bond donors (Lipinski definition) is 2. The average molecular weight is 264 g/mol. The van der Waals surface area contributed by atoms with Gasteiger partial charge in [-0.2, -0.15) is 0 Å². The number of amides is 1. The Morgan fingerprint density at radius 1 is 1.37 bits per heavy atom. The molecule has 0 bridgehead atoms. The van der Waals surface area contributed by atoms with Crippen LogP contribution in [0.5, 0.6) is 0 Å². The van der Waals surface area contributed by atoms with Crippen LogP contribution in [0.25, 0.3) is 0 Å². The summed E-state index contributed by atoms with van der Waals surface area (Å²) in [5.41, 5.74) is 0.763. The van der Waals surface area contributed by atoms with Gasteiger partial charge in [-0.05, 0) is 12.5 Å². The summed E-state index contributed by atoms with van der Waals surface area (Å²) in [6, 6.07) is 8.40. The van der Waals surface area contributed by atoms with Gasteiger partial charge in [0, 0.05) is 6.42 Å². The first-order valence-corrected chi connectivity index (χ1v) is 5.69. The minimum Gasteiger partial charge on any atom is -0.467 e. The SMILES string of the molecule is COC(=O)[C@H](Cc1ccccc1)NC(=O)/C(C)=N\O. The quantitative estimate of drug-likeness (QED) is 0.355. The molecule has 0 aliphatic carbocycles. The van der Waals surface area contributed by atoms with Crippen LogP contribution < -0.4 is 5.32 Å². The van der Waals surface area contributed by atoms with Crippen molar-refractivity contribution in [2.24, 2.45) is 5.16 Å². The van der Waals surface area contributed by atoms with Crippen LogP contribution in [0.3, 0.4) is 0 Å². The Balaban J connectivity index is 2.79. The number of carbonyl (C=O) groups excluding carboxylic acids is 2. The molecule has 1 rings (SSSR count). The second-order valence-corrected chi connectivity index (χ2v) is 3.92. The summed E-state index contributed by atoms with van der Waals surface area (Å²) in [4.78, 5) is 23.2. The summed E-state index contributed by atoms with van der Waals surface area (Å²) >= 11 is 0. The van der Waals surface area contributed by atoms with E-state index in [0.29, 0.717) is 6.42 Å². The van der Waals surface area contributed by atoms with Gasteiger partial charge in [0.15, 0.2) is 0 Å². The summed E-state index contributed by atoms with van der Waals surface area (Å²) in [6.45, 7) is 1.34. The molecule has 0 aromatic heterocycles. The molecular formula is C13H16N2O4. The van der Waals surface area contributed by atoms with E-state index in [9.17, 15) is 9.59 Å². The Bertz CT molecular complexity index is 471. The highest BCUT2D eigenvalue weighted by Gasteiger charge is 2.23. The molecule has 1 aromatic carbocycles. The van der Waals surface area contributed by atoms with E-state index in [2.05, 4.69) is 15.2 Å². The zero-order valence-corrected chi connectivity index (χ0v) is 10.8. The number of nitrogens with one attached hydrogen (secondary N) is 1. The maximum Gasteiger partial charge on any atom is 0.328 e. The van der Waals surface area contributed by atoms with Crippen molar-refractivity contribution in [2.45, 2.75) is 19.4 Å². The Morgan fingerprint density at radius 2 is 2.00 bits per heavy atom. The van der Waals surface area contributed by atoms with Crippen molar-refractivity contribution in [2.75, 3.05) is 7.11 Å². The van der Waals surface area contributed by atoms with Gasteiger partial charge in [0.2, 0.25) is 0 Å². The maximum atomic E-state index is 11.6. The van der Waals surface area contributed by atoms with Crippen LogP contribution in [-0.2, 0) is 20.7 Å².